The lowest BCUT2D eigenvalue weighted by Gasteiger charge is -2.31. The molecule has 5 nitrogen and oxygen atoms in total. The highest BCUT2D eigenvalue weighted by molar-refractivity contribution is 5.88. The van der Waals surface area contributed by atoms with E-state index >= 15 is 0 Å². The first kappa shape index (κ1) is 23.1. The maximum absolute atomic E-state index is 13.4. The molecule has 1 atom stereocenters. The van der Waals surface area contributed by atoms with Gasteiger partial charge in [-0.3, -0.25) is 9.59 Å². The molecule has 3 rings (SSSR count). The van der Waals surface area contributed by atoms with E-state index in [9.17, 15) is 9.59 Å². The van der Waals surface area contributed by atoms with Crippen molar-refractivity contribution in [1.29, 1.82) is 0 Å². The van der Waals surface area contributed by atoms with Gasteiger partial charge >= 0.3 is 0 Å². The van der Waals surface area contributed by atoms with Crippen molar-refractivity contribution in [3.8, 4) is 5.75 Å². The van der Waals surface area contributed by atoms with Gasteiger partial charge < -0.3 is 15.0 Å². The summed E-state index contributed by atoms with van der Waals surface area (Å²) in [5, 5.41) is 3.03. The average molecular weight is 431 g/mol. The Bertz CT molecular complexity index is 988. The van der Waals surface area contributed by atoms with Crippen LogP contribution in [0.5, 0.6) is 5.75 Å². The lowest BCUT2D eigenvalue weighted by molar-refractivity contribution is -0.141. The summed E-state index contributed by atoms with van der Waals surface area (Å²) in [4.78, 5) is 28.3. The van der Waals surface area contributed by atoms with Crippen LogP contribution >= 0.6 is 0 Å². The molecule has 5 heteroatoms. The fraction of sp³-hybridized carbons (Fsp3) is 0.259. The Labute approximate surface area is 190 Å². The van der Waals surface area contributed by atoms with Crippen molar-refractivity contribution in [2.24, 2.45) is 0 Å². The number of nitrogens with one attached hydrogen (secondary N) is 1. The van der Waals surface area contributed by atoms with Gasteiger partial charge in [0.2, 0.25) is 11.8 Å². The molecule has 0 saturated heterocycles. The van der Waals surface area contributed by atoms with Gasteiger partial charge in [-0.15, -0.1) is 0 Å². The van der Waals surface area contributed by atoms with Crippen LogP contribution in [0.15, 0.2) is 84.9 Å². The first-order chi connectivity index (χ1) is 15.6. The molecule has 166 valence electrons. The second-order valence-corrected chi connectivity index (χ2v) is 7.64. The van der Waals surface area contributed by atoms with Crippen LogP contribution in [0.4, 0.5) is 0 Å². The Morgan fingerprint density at radius 2 is 1.50 bits per heavy atom. The average Bonchev–Trinajstić information content (AvgIpc) is 2.84. The molecule has 0 saturated carbocycles. The predicted octanol–water partition coefficient (Wildman–Crippen LogP) is 4.88. The molecule has 0 aromatic heterocycles. The molecular formula is C27H30N2O3. The fourth-order valence-electron chi connectivity index (χ4n) is 3.60. The van der Waals surface area contributed by atoms with Crippen molar-refractivity contribution in [3.63, 3.8) is 0 Å². The highest BCUT2D eigenvalue weighted by atomic mass is 16.5. The van der Waals surface area contributed by atoms with Crippen molar-refractivity contribution in [2.75, 3.05) is 7.11 Å². The van der Waals surface area contributed by atoms with Gasteiger partial charge in [-0.05, 0) is 35.2 Å². The minimum absolute atomic E-state index is 0.0490. The summed E-state index contributed by atoms with van der Waals surface area (Å²) in [6.45, 7) is 2.71. The van der Waals surface area contributed by atoms with E-state index in [1.807, 2.05) is 91.9 Å². The maximum atomic E-state index is 13.4. The second-order valence-electron chi connectivity index (χ2n) is 7.64. The van der Waals surface area contributed by atoms with E-state index in [2.05, 4.69) is 5.32 Å². The molecule has 3 aromatic rings. The van der Waals surface area contributed by atoms with E-state index < -0.39 is 6.04 Å². The molecule has 0 radical (unpaired) electrons. The molecule has 0 bridgehead atoms. The number of hydrogen-bond acceptors (Lipinski definition) is 3. The Morgan fingerprint density at radius 1 is 0.875 bits per heavy atom. The van der Waals surface area contributed by atoms with Gasteiger partial charge in [0.1, 0.15) is 11.8 Å². The molecule has 1 unspecified atom stereocenters. The van der Waals surface area contributed by atoms with Crippen LogP contribution in [-0.2, 0) is 22.7 Å². The van der Waals surface area contributed by atoms with Crippen LogP contribution in [0.25, 0.3) is 0 Å². The molecule has 0 heterocycles. The summed E-state index contributed by atoms with van der Waals surface area (Å²) in [5.74, 6) is 0.505. The van der Waals surface area contributed by atoms with Gasteiger partial charge in [0.25, 0.3) is 0 Å². The lowest BCUT2D eigenvalue weighted by Crippen LogP contribution is -2.43. The van der Waals surface area contributed by atoms with E-state index in [0.29, 0.717) is 25.9 Å². The van der Waals surface area contributed by atoms with Crippen LogP contribution in [0, 0.1) is 0 Å². The molecular weight excluding hydrogens is 400 g/mol. The highest BCUT2D eigenvalue weighted by Crippen LogP contribution is 2.25. The third kappa shape index (κ3) is 6.20. The summed E-state index contributed by atoms with van der Waals surface area (Å²) >= 11 is 0. The van der Waals surface area contributed by atoms with Crippen molar-refractivity contribution in [2.45, 2.75) is 38.9 Å². The van der Waals surface area contributed by atoms with Crippen LogP contribution in [-0.4, -0.2) is 23.8 Å². The van der Waals surface area contributed by atoms with E-state index in [0.717, 1.165) is 22.4 Å². The van der Waals surface area contributed by atoms with Crippen LogP contribution in [0.1, 0.15) is 42.5 Å². The number of carbonyl (C=O) groups excluding carboxylic acids is 2. The number of amides is 2. The Hall–Kier alpha value is -3.60. The van der Waals surface area contributed by atoms with E-state index in [4.69, 9.17) is 4.74 Å². The van der Waals surface area contributed by atoms with Gasteiger partial charge in [-0.2, -0.15) is 0 Å². The standard InChI is InChI=1S/C27H30N2O3/c1-3-10-25(30)29(20-22-15-17-24(32-2)18-16-22)26(23-13-8-5-9-14-23)27(31)28-19-21-11-6-4-7-12-21/h4-9,11-18,26H,3,10,19-20H2,1-2H3,(H,28,31). The zero-order valence-corrected chi connectivity index (χ0v) is 18.7. The summed E-state index contributed by atoms with van der Waals surface area (Å²) in [6.07, 6.45) is 1.09. The number of methoxy groups -OCH3 is 1. The predicted molar refractivity (Wildman–Crippen MR) is 126 cm³/mol. The zero-order valence-electron chi connectivity index (χ0n) is 18.7. The number of nitrogens with zero attached hydrogens (tertiary/aromatic N) is 1. The van der Waals surface area contributed by atoms with Crippen molar-refractivity contribution in [3.05, 3.63) is 102 Å². The van der Waals surface area contributed by atoms with Crippen LogP contribution in [0.3, 0.4) is 0 Å². The van der Waals surface area contributed by atoms with Gasteiger partial charge in [0.15, 0.2) is 0 Å². The highest BCUT2D eigenvalue weighted by Gasteiger charge is 2.31. The fourth-order valence-corrected chi connectivity index (χ4v) is 3.60. The molecule has 0 aliphatic carbocycles. The van der Waals surface area contributed by atoms with Gasteiger partial charge in [-0.1, -0.05) is 79.7 Å². The third-order valence-corrected chi connectivity index (χ3v) is 5.28. The maximum Gasteiger partial charge on any atom is 0.247 e. The summed E-state index contributed by atoms with van der Waals surface area (Å²) in [6, 6.07) is 26.1. The third-order valence-electron chi connectivity index (χ3n) is 5.28. The second kappa shape index (κ2) is 11.7. The Morgan fingerprint density at radius 3 is 2.09 bits per heavy atom. The smallest absolute Gasteiger partial charge is 0.247 e. The Kier molecular flexibility index (Phi) is 8.44. The molecule has 2 amide bonds. The number of ether oxygens (including phenoxy) is 1. The molecule has 0 spiro atoms. The minimum Gasteiger partial charge on any atom is -0.497 e. The topological polar surface area (TPSA) is 58.6 Å². The number of hydrogen-bond donors (Lipinski definition) is 1. The SMILES string of the molecule is CCCC(=O)N(Cc1ccc(OC)cc1)C(C(=O)NCc1ccccc1)c1ccccc1. The van der Waals surface area contributed by atoms with Crippen molar-refractivity contribution >= 4 is 11.8 Å². The molecule has 32 heavy (non-hydrogen) atoms. The van der Waals surface area contributed by atoms with Crippen LogP contribution < -0.4 is 10.1 Å². The summed E-state index contributed by atoms with van der Waals surface area (Å²) in [7, 11) is 1.62. The number of benzene rings is 3. The molecule has 3 aromatic carbocycles. The van der Waals surface area contributed by atoms with Crippen molar-refractivity contribution < 1.29 is 14.3 Å². The molecule has 1 N–H and O–H groups in total. The van der Waals surface area contributed by atoms with E-state index in [-0.39, 0.29) is 11.8 Å². The summed E-state index contributed by atoms with van der Waals surface area (Å²) < 4.78 is 5.24. The minimum atomic E-state index is -0.721. The normalized spacial score (nSPS) is 11.4. The summed E-state index contributed by atoms with van der Waals surface area (Å²) in [5.41, 5.74) is 2.73. The molecule has 0 aliphatic rings. The molecule has 0 aliphatic heterocycles. The monoisotopic (exact) mass is 430 g/mol. The van der Waals surface area contributed by atoms with Gasteiger partial charge in [0, 0.05) is 19.5 Å². The van der Waals surface area contributed by atoms with Gasteiger partial charge in [-0.25, -0.2) is 0 Å². The zero-order chi connectivity index (χ0) is 22.8. The largest absolute Gasteiger partial charge is 0.497 e. The van der Waals surface area contributed by atoms with E-state index in [1.165, 1.54) is 0 Å². The Balaban J connectivity index is 1.90. The quantitative estimate of drug-likeness (QED) is 0.499. The number of rotatable bonds is 10. The first-order valence-electron chi connectivity index (χ1n) is 10.9. The lowest BCUT2D eigenvalue weighted by atomic mass is 10.0. The van der Waals surface area contributed by atoms with Gasteiger partial charge in [0.05, 0.1) is 7.11 Å². The first-order valence-corrected chi connectivity index (χ1v) is 10.9. The molecule has 0 fully saturated rings. The van der Waals surface area contributed by atoms with E-state index in [1.54, 1.807) is 12.0 Å². The van der Waals surface area contributed by atoms with Crippen molar-refractivity contribution in [1.82, 2.24) is 10.2 Å². The number of carbonyl (C=O) groups is 2. The van der Waals surface area contributed by atoms with Crippen LogP contribution in [0.2, 0.25) is 0 Å².